The number of anilines is 1. The molecule has 1 heterocycles. The molecule has 3 heteroatoms. The second-order valence-electron chi connectivity index (χ2n) is 5.15. The Morgan fingerprint density at radius 3 is 2.44 bits per heavy atom. The van der Waals surface area contributed by atoms with Crippen molar-refractivity contribution in [2.75, 3.05) is 5.73 Å². The monoisotopic (exact) mass is 251 g/mol. The van der Waals surface area contributed by atoms with E-state index in [0.29, 0.717) is 6.04 Å². The average Bonchev–Trinajstić information content (AvgIpc) is 2.74. The van der Waals surface area contributed by atoms with Crippen LogP contribution in [0.15, 0.2) is 6.07 Å². The molecule has 1 rings (SSSR count). The maximum Gasteiger partial charge on any atom is 0.122 e. The van der Waals surface area contributed by atoms with Crippen LogP contribution >= 0.6 is 0 Å². The van der Waals surface area contributed by atoms with Gasteiger partial charge in [-0.05, 0) is 19.3 Å². The lowest BCUT2D eigenvalue weighted by Gasteiger charge is -2.18. The number of aromatic nitrogens is 2. The molecule has 1 unspecified atom stereocenters. The van der Waals surface area contributed by atoms with E-state index in [1.165, 1.54) is 44.9 Å². The van der Waals surface area contributed by atoms with Crippen molar-refractivity contribution in [2.45, 2.75) is 78.2 Å². The van der Waals surface area contributed by atoms with Crippen molar-refractivity contribution < 1.29 is 0 Å². The molecular formula is C15H29N3. The second kappa shape index (κ2) is 8.17. The minimum absolute atomic E-state index is 0.493. The quantitative estimate of drug-likeness (QED) is 0.663. The van der Waals surface area contributed by atoms with Gasteiger partial charge in [0.2, 0.25) is 0 Å². The predicted octanol–water partition coefficient (Wildman–Crippen LogP) is 4.34. The zero-order valence-corrected chi connectivity index (χ0v) is 12.3. The number of unbranched alkanes of at least 4 members (excludes halogenated alkanes) is 3. The molecule has 0 fully saturated rings. The molecule has 3 nitrogen and oxygen atoms in total. The first-order valence-electron chi connectivity index (χ1n) is 7.56. The van der Waals surface area contributed by atoms with Gasteiger partial charge in [0.15, 0.2) is 0 Å². The summed E-state index contributed by atoms with van der Waals surface area (Å²) in [6.45, 7) is 6.62. The van der Waals surface area contributed by atoms with Gasteiger partial charge >= 0.3 is 0 Å². The van der Waals surface area contributed by atoms with E-state index in [2.05, 4.69) is 30.6 Å². The van der Waals surface area contributed by atoms with E-state index in [1.807, 2.05) is 6.07 Å². The van der Waals surface area contributed by atoms with Crippen LogP contribution in [0, 0.1) is 0 Å². The van der Waals surface area contributed by atoms with E-state index in [0.717, 1.165) is 17.9 Å². The Labute approximate surface area is 112 Å². The van der Waals surface area contributed by atoms with Crippen LogP contribution in [-0.2, 0) is 6.42 Å². The van der Waals surface area contributed by atoms with E-state index in [4.69, 9.17) is 5.73 Å². The van der Waals surface area contributed by atoms with E-state index >= 15 is 0 Å². The van der Waals surface area contributed by atoms with Gasteiger partial charge in [0, 0.05) is 6.07 Å². The van der Waals surface area contributed by atoms with Crippen LogP contribution in [0.25, 0.3) is 0 Å². The number of nitrogens with two attached hydrogens (primary N) is 1. The Bertz CT molecular complexity index is 330. The third kappa shape index (κ3) is 4.35. The maximum absolute atomic E-state index is 6.08. The molecule has 0 aliphatic heterocycles. The Balaban J connectivity index is 2.61. The molecule has 0 spiro atoms. The van der Waals surface area contributed by atoms with Crippen molar-refractivity contribution in [2.24, 2.45) is 0 Å². The molecular weight excluding hydrogens is 222 g/mol. The van der Waals surface area contributed by atoms with Crippen molar-refractivity contribution in [3.8, 4) is 0 Å². The zero-order valence-electron chi connectivity index (χ0n) is 12.3. The van der Waals surface area contributed by atoms with Crippen LogP contribution in [-0.4, -0.2) is 9.78 Å². The van der Waals surface area contributed by atoms with Gasteiger partial charge in [-0.25, -0.2) is 4.68 Å². The van der Waals surface area contributed by atoms with Crippen molar-refractivity contribution in [3.05, 3.63) is 11.8 Å². The van der Waals surface area contributed by atoms with Gasteiger partial charge in [-0.2, -0.15) is 5.10 Å². The summed E-state index contributed by atoms with van der Waals surface area (Å²) in [5, 5.41) is 4.64. The summed E-state index contributed by atoms with van der Waals surface area (Å²) in [6, 6.07) is 2.52. The molecule has 0 radical (unpaired) electrons. The molecule has 0 saturated carbocycles. The molecule has 1 aromatic heterocycles. The third-order valence-corrected chi connectivity index (χ3v) is 3.54. The highest BCUT2D eigenvalue weighted by molar-refractivity contribution is 5.31. The van der Waals surface area contributed by atoms with E-state index in [-0.39, 0.29) is 0 Å². The highest BCUT2D eigenvalue weighted by atomic mass is 15.3. The zero-order chi connectivity index (χ0) is 13.4. The van der Waals surface area contributed by atoms with E-state index in [1.54, 1.807) is 0 Å². The summed E-state index contributed by atoms with van der Waals surface area (Å²) < 4.78 is 2.06. The van der Waals surface area contributed by atoms with Gasteiger partial charge < -0.3 is 5.73 Å². The standard InChI is InChI=1S/C15H29N3/c1-4-7-8-9-11-14(10-5-2)18-15(16)12-13(6-3)17-18/h12,14H,4-11,16H2,1-3H3. The Morgan fingerprint density at radius 1 is 1.11 bits per heavy atom. The molecule has 104 valence electrons. The van der Waals surface area contributed by atoms with Crippen LogP contribution in [0.4, 0.5) is 5.82 Å². The van der Waals surface area contributed by atoms with Crippen LogP contribution < -0.4 is 5.73 Å². The minimum atomic E-state index is 0.493. The molecule has 1 atom stereocenters. The fourth-order valence-corrected chi connectivity index (χ4v) is 2.46. The SMILES string of the molecule is CCCCCCC(CCC)n1nc(CC)cc1N. The minimum Gasteiger partial charge on any atom is -0.384 e. The fraction of sp³-hybridized carbons (Fsp3) is 0.800. The molecule has 18 heavy (non-hydrogen) atoms. The lowest BCUT2D eigenvalue weighted by molar-refractivity contribution is 0.382. The van der Waals surface area contributed by atoms with Crippen LogP contribution in [0.2, 0.25) is 0 Å². The number of hydrogen-bond donors (Lipinski definition) is 1. The largest absolute Gasteiger partial charge is 0.384 e. The molecule has 2 N–H and O–H groups in total. The number of hydrogen-bond acceptors (Lipinski definition) is 2. The first-order valence-corrected chi connectivity index (χ1v) is 7.56. The Hall–Kier alpha value is -0.990. The summed E-state index contributed by atoms with van der Waals surface area (Å²) in [4.78, 5) is 0. The van der Waals surface area contributed by atoms with Gasteiger partial charge in [-0.15, -0.1) is 0 Å². The summed E-state index contributed by atoms with van der Waals surface area (Å²) in [5.41, 5.74) is 7.19. The predicted molar refractivity (Wildman–Crippen MR) is 78.7 cm³/mol. The van der Waals surface area contributed by atoms with E-state index < -0.39 is 0 Å². The highest BCUT2D eigenvalue weighted by Gasteiger charge is 2.14. The highest BCUT2D eigenvalue weighted by Crippen LogP contribution is 2.24. The van der Waals surface area contributed by atoms with Gasteiger partial charge in [0.05, 0.1) is 11.7 Å². The third-order valence-electron chi connectivity index (χ3n) is 3.54. The summed E-state index contributed by atoms with van der Waals surface area (Å²) in [6.07, 6.45) is 9.81. The topological polar surface area (TPSA) is 43.8 Å². The molecule has 0 aliphatic rings. The molecule has 0 saturated heterocycles. The summed E-state index contributed by atoms with van der Waals surface area (Å²) in [7, 11) is 0. The Kier molecular flexibility index (Phi) is 6.84. The lowest BCUT2D eigenvalue weighted by Crippen LogP contribution is -2.13. The smallest absolute Gasteiger partial charge is 0.122 e. The summed E-state index contributed by atoms with van der Waals surface area (Å²) >= 11 is 0. The van der Waals surface area contributed by atoms with Crippen LogP contribution in [0.3, 0.4) is 0 Å². The molecule has 0 aliphatic carbocycles. The van der Waals surface area contributed by atoms with Gasteiger partial charge in [-0.1, -0.05) is 52.9 Å². The molecule has 0 bridgehead atoms. The van der Waals surface area contributed by atoms with Crippen molar-refractivity contribution in [1.82, 2.24) is 9.78 Å². The maximum atomic E-state index is 6.08. The summed E-state index contributed by atoms with van der Waals surface area (Å²) in [5.74, 6) is 0.834. The number of nitrogens with zero attached hydrogens (tertiary/aromatic N) is 2. The lowest BCUT2D eigenvalue weighted by atomic mass is 10.0. The normalized spacial score (nSPS) is 12.8. The second-order valence-corrected chi connectivity index (χ2v) is 5.15. The van der Waals surface area contributed by atoms with Gasteiger partial charge in [0.25, 0.3) is 0 Å². The van der Waals surface area contributed by atoms with E-state index in [9.17, 15) is 0 Å². The molecule has 0 amide bonds. The van der Waals surface area contributed by atoms with Crippen molar-refractivity contribution >= 4 is 5.82 Å². The number of aryl methyl sites for hydroxylation is 1. The first-order chi connectivity index (χ1) is 8.72. The molecule has 1 aromatic rings. The average molecular weight is 251 g/mol. The van der Waals surface area contributed by atoms with Crippen molar-refractivity contribution in [1.29, 1.82) is 0 Å². The first kappa shape index (κ1) is 15.1. The number of rotatable bonds is 9. The number of nitrogen functional groups attached to an aromatic ring is 1. The fourth-order valence-electron chi connectivity index (χ4n) is 2.46. The van der Waals surface area contributed by atoms with Gasteiger partial charge in [0.1, 0.15) is 5.82 Å². The van der Waals surface area contributed by atoms with Crippen LogP contribution in [0.5, 0.6) is 0 Å². The molecule has 0 aromatic carbocycles. The van der Waals surface area contributed by atoms with Gasteiger partial charge in [-0.3, -0.25) is 0 Å². The van der Waals surface area contributed by atoms with Crippen LogP contribution in [0.1, 0.15) is 77.5 Å². The van der Waals surface area contributed by atoms with Crippen molar-refractivity contribution in [3.63, 3.8) is 0 Å². The Morgan fingerprint density at radius 2 is 1.89 bits per heavy atom.